The van der Waals surface area contributed by atoms with Crippen molar-refractivity contribution in [1.82, 2.24) is 20.0 Å². The van der Waals surface area contributed by atoms with E-state index in [4.69, 9.17) is 5.10 Å². The fourth-order valence-corrected chi connectivity index (χ4v) is 4.01. The predicted octanol–water partition coefficient (Wildman–Crippen LogP) is 1.26. The highest BCUT2D eigenvalue weighted by Crippen LogP contribution is 2.29. The Morgan fingerprint density at radius 1 is 1.19 bits per heavy atom. The minimum atomic E-state index is 0.754. The van der Waals surface area contributed by atoms with Gasteiger partial charge in [-0.15, -0.1) is 0 Å². The minimum absolute atomic E-state index is 0.754. The van der Waals surface area contributed by atoms with Crippen LogP contribution >= 0.6 is 0 Å². The summed E-state index contributed by atoms with van der Waals surface area (Å²) in [6, 6.07) is 1.52. The van der Waals surface area contributed by atoms with Crippen LogP contribution in [0.5, 0.6) is 0 Å². The Balaban J connectivity index is 1.55. The fourth-order valence-electron chi connectivity index (χ4n) is 4.01. The summed E-state index contributed by atoms with van der Waals surface area (Å²) in [5, 5.41) is 8.35. The lowest BCUT2D eigenvalue weighted by Crippen LogP contribution is -2.51. The van der Waals surface area contributed by atoms with Gasteiger partial charge in [0.1, 0.15) is 5.82 Å². The third-order valence-corrected chi connectivity index (χ3v) is 5.34. The molecule has 0 amide bonds. The van der Waals surface area contributed by atoms with Gasteiger partial charge in [-0.2, -0.15) is 5.10 Å². The zero-order valence-corrected chi connectivity index (χ0v) is 13.3. The molecule has 1 N–H and O–H groups in total. The molecule has 3 fully saturated rings. The lowest BCUT2D eigenvalue weighted by molar-refractivity contribution is 0.229. The van der Waals surface area contributed by atoms with Crippen LogP contribution in [-0.2, 0) is 13.6 Å². The summed E-state index contributed by atoms with van der Waals surface area (Å²) in [6.45, 7) is 7.97. The summed E-state index contributed by atoms with van der Waals surface area (Å²) in [5.41, 5.74) is 2.60. The van der Waals surface area contributed by atoms with Gasteiger partial charge in [0, 0.05) is 50.9 Å². The van der Waals surface area contributed by atoms with Gasteiger partial charge in [-0.05, 0) is 39.2 Å². The van der Waals surface area contributed by atoms with Crippen LogP contribution in [0.15, 0.2) is 0 Å². The molecule has 3 aliphatic rings. The number of rotatable bonds is 4. The topological polar surface area (TPSA) is 36.3 Å². The molecule has 0 bridgehead atoms. The first-order chi connectivity index (χ1) is 10.2. The van der Waals surface area contributed by atoms with Crippen LogP contribution in [0.2, 0.25) is 0 Å². The number of fused-ring (bicyclic) bond motifs is 1. The number of hydrogen-bond acceptors (Lipinski definition) is 4. The van der Waals surface area contributed by atoms with Crippen molar-refractivity contribution < 1.29 is 0 Å². The van der Waals surface area contributed by atoms with E-state index >= 15 is 0 Å². The minimum Gasteiger partial charge on any atom is -0.354 e. The highest BCUT2D eigenvalue weighted by Gasteiger charge is 2.33. The van der Waals surface area contributed by atoms with Gasteiger partial charge in [0.2, 0.25) is 0 Å². The van der Waals surface area contributed by atoms with E-state index in [1.165, 1.54) is 62.4 Å². The van der Waals surface area contributed by atoms with E-state index in [1.807, 2.05) is 0 Å². The Hall–Kier alpha value is -1.07. The molecule has 5 heteroatoms. The second kappa shape index (κ2) is 5.29. The van der Waals surface area contributed by atoms with E-state index < -0.39 is 0 Å². The average Bonchev–Trinajstić information content (AvgIpc) is 3.09. The molecule has 21 heavy (non-hydrogen) atoms. The van der Waals surface area contributed by atoms with Crippen LogP contribution in [0, 0.1) is 6.92 Å². The maximum absolute atomic E-state index is 4.69. The Morgan fingerprint density at radius 3 is 2.86 bits per heavy atom. The lowest BCUT2D eigenvalue weighted by atomic mass is 10.1. The number of aromatic nitrogens is 2. The molecule has 5 nitrogen and oxygen atoms in total. The smallest absolute Gasteiger partial charge is 0.131 e. The van der Waals surface area contributed by atoms with Crippen LogP contribution in [0.25, 0.3) is 0 Å². The molecule has 116 valence electrons. The standard InChI is InChI=1S/C16H27N5/c1-12-15(10-17-13-5-6-13)16(19(2)18-12)21-9-8-20-7-3-4-14(20)11-21/h13-14,17H,3-11H2,1-2H3. The molecule has 2 saturated heterocycles. The second-order valence-electron chi connectivity index (χ2n) is 6.94. The predicted molar refractivity (Wildman–Crippen MR) is 84.6 cm³/mol. The fraction of sp³-hybridized carbons (Fsp3) is 0.812. The summed E-state index contributed by atoms with van der Waals surface area (Å²) >= 11 is 0. The molecule has 0 spiro atoms. The Morgan fingerprint density at radius 2 is 2.05 bits per heavy atom. The number of piperazine rings is 1. The molecule has 1 aliphatic carbocycles. The molecule has 0 aromatic carbocycles. The quantitative estimate of drug-likeness (QED) is 0.905. The van der Waals surface area contributed by atoms with Gasteiger partial charge in [0.25, 0.3) is 0 Å². The first-order valence-electron chi connectivity index (χ1n) is 8.47. The van der Waals surface area contributed by atoms with E-state index in [0.29, 0.717) is 0 Å². The van der Waals surface area contributed by atoms with Crippen molar-refractivity contribution in [3.63, 3.8) is 0 Å². The van der Waals surface area contributed by atoms with Crippen molar-refractivity contribution in [2.75, 3.05) is 31.1 Å². The number of nitrogens with zero attached hydrogens (tertiary/aromatic N) is 4. The van der Waals surface area contributed by atoms with E-state index in [-0.39, 0.29) is 0 Å². The van der Waals surface area contributed by atoms with Gasteiger partial charge in [0.15, 0.2) is 0 Å². The molecule has 1 saturated carbocycles. The third-order valence-electron chi connectivity index (χ3n) is 5.34. The Labute approximate surface area is 127 Å². The van der Waals surface area contributed by atoms with Crippen molar-refractivity contribution in [2.45, 2.75) is 51.2 Å². The van der Waals surface area contributed by atoms with Gasteiger partial charge in [0.05, 0.1) is 5.69 Å². The SMILES string of the molecule is Cc1nn(C)c(N2CCN3CCCC3C2)c1CNC1CC1. The molecule has 0 radical (unpaired) electrons. The Kier molecular flexibility index (Phi) is 3.42. The molecule has 1 aromatic rings. The lowest BCUT2D eigenvalue weighted by Gasteiger charge is -2.39. The number of anilines is 1. The van der Waals surface area contributed by atoms with Crippen molar-refractivity contribution in [3.05, 3.63) is 11.3 Å². The normalized spacial score (nSPS) is 26.4. The maximum Gasteiger partial charge on any atom is 0.131 e. The zero-order valence-electron chi connectivity index (χ0n) is 13.3. The molecular weight excluding hydrogens is 262 g/mol. The van der Waals surface area contributed by atoms with Crippen LogP contribution in [0.3, 0.4) is 0 Å². The van der Waals surface area contributed by atoms with Gasteiger partial charge in [-0.25, -0.2) is 0 Å². The molecule has 1 unspecified atom stereocenters. The molecule has 1 atom stereocenters. The van der Waals surface area contributed by atoms with Crippen molar-refractivity contribution in [1.29, 1.82) is 0 Å². The largest absolute Gasteiger partial charge is 0.354 e. The summed E-state index contributed by atoms with van der Waals surface area (Å²) in [6.07, 6.45) is 5.42. The van der Waals surface area contributed by atoms with Crippen molar-refractivity contribution in [3.8, 4) is 0 Å². The van der Waals surface area contributed by atoms with E-state index in [2.05, 4.69) is 33.8 Å². The number of hydrogen-bond donors (Lipinski definition) is 1. The number of aryl methyl sites for hydroxylation is 2. The summed E-state index contributed by atoms with van der Waals surface area (Å²) in [5.74, 6) is 1.35. The molecule has 1 aromatic heterocycles. The van der Waals surface area contributed by atoms with Crippen molar-refractivity contribution >= 4 is 5.82 Å². The van der Waals surface area contributed by atoms with Gasteiger partial charge >= 0.3 is 0 Å². The maximum atomic E-state index is 4.69. The van der Waals surface area contributed by atoms with Crippen LogP contribution in [0.1, 0.15) is 36.9 Å². The highest BCUT2D eigenvalue weighted by molar-refractivity contribution is 5.51. The molecule has 3 heterocycles. The summed E-state index contributed by atoms with van der Waals surface area (Å²) in [4.78, 5) is 5.25. The van der Waals surface area contributed by atoms with Crippen LogP contribution < -0.4 is 10.2 Å². The van der Waals surface area contributed by atoms with Crippen molar-refractivity contribution in [2.24, 2.45) is 7.05 Å². The van der Waals surface area contributed by atoms with Gasteiger partial charge < -0.3 is 10.2 Å². The molecular formula is C16H27N5. The van der Waals surface area contributed by atoms with Crippen LogP contribution in [-0.4, -0.2) is 52.9 Å². The van der Waals surface area contributed by atoms with E-state index in [1.54, 1.807) is 0 Å². The molecule has 4 rings (SSSR count). The first kappa shape index (κ1) is 13.6. The first-order valence-corrected chi connectivity index (χ1v) is 8.47. The highest BCUT2D eigenvalue weighted by atomic mass is 15.4. The average molecular weight is 289 g/mol. The van der Waals surface area contributed by atoms with E-state index in [9.17, 15) is 0 Å². The summed E-state index contributed by atoms with van der Waals surface area (Å²) < 4.78 is 2.10. The van der Waals surface area contributed by atoms with Crippen LogP contribution in [0.4, 0.5) is 5.82 Å². The number of nitrogens with one attached hydrogen (secondary N) is 1. The Bertz CT molecular complexity index is 519. The van der Waals surface area contributed by atoms with Gasteiger partial charge in [-0.1, -0.05) is 0 Å². The molecule has 2 aliphatic heterocycles. The monoisotopic (exact) mass is 289 g/mol. The third kappa shape index (κ3) is 2.57. The second-order valence-corrected chi connectivity index (χ2v) is 6.94. The van der Waals surface area contributed by atoms with Gasteiger partial charge in [-0.3, -0.25) is 9.58 Å². The van der Waals surface area contributed by atoms with E-state index in [0.717, 1.165) is 25.2 Å². The zero-order chi connectivity index (χ0) is 14.4. The summed E-state index contributed by atoms with van der Waals surface area (Å²) in [7, 11) is 2.10.